The first-order valence-corrected chi connectivity index (χ1v) is 7.20. The van der Waals surface area contributed by atoms with Gasteiger partial charge in [-0.05, 0) is 18.6 Å². The predicted octanol–water partition coefficient (Wildman–Crippen LogP) is 4.15. The first kappa shape index (κ1) is 14.9. The van der Waals surface area contributed by atoms with Gasteiger partial charge >= 0.3 is 0 Å². The van der Waals surface area contributed by atoms with Crippen LogP contribution in [0.25, 0.3) is 0 Å². The number of benzene rings is 2. The van der Waals surface area contributed by atoms with Crippen molar-refractivity contribution >= 4 is 11.6 Å². The van der Waals surface area contributed by atoms with Gasteiger partial charge in [0.1, 0.15) is 5.75 Å². The molecule has 0 heterocycles. The molecule has 2 rings (SSSR count). The maximum Gasteiger partial charge on any atom is 0.123 e. The number of ether oxygens (including phenoxy) is 1. The van der Waals surface area contributed by atoms with E-state index in [4.69, 9.17) is 16.3 Å². The maximum atomic E-state index is 6.50. The first-order valence-electron chi connectivity index (χ1n) is 6.76. The molecule has 2 unspecified atom stereocenters. The van der Waals surface area contributed by atoms with Crippen molar-refractivity contribution in [1.82, 2.24) is 5.32 Å². The molecule has 1 N–H and O–H groups in total. The Morgan fingerprint density at radius 3 is 2.40 bits per heavy atom. The summed E-state index contributed by atoms with van der Waals surface area (Å²) in [6.07, 6.45) is 0. The van der Waals surface area contributed by atoms with Crippen molar-refractivity contribution in [3.8, 4) is 5.75 Å². The fraction of sp³-hybridized carbons (Fsp3) is 0.294. The topological polar surface area (TPSA) is 21.3 Å². The third kappa shape index (κ3) is 3.75. The molecule has 106 valence electrons. The van der Waals surface area contributed by atoms with Crippen LogP contribution in [0, 0.1) is 0 Å². The molecule has 2 aromatic rings. The molecule has 3 heteroatoms. The summed E-state index contributed by atoms with van der Waals surface area (Å²) in [5.41, 5.74) is 2.27. The molecule has 0 aliphatic rings. The number of hydrogen-bond donors (Lipinski definition) is 1. The van der Waals surface area contributed by atoms with E-state index in [1.807, 2.05) is 36.4 Å². The second-order valence-electron chi connectivity index (χ2n) is 4.79. The monoisotopic (exact) mass is 289 g/mol. The molecular weight excluding hydrogens is 270 g/mol. The Labute approximate surface area is 125 Å². The summed E-state index contributed by atoms with van der Waals surface area (Å²) in [7, 11) is 1.69. The van der Waals surface area contributed by atoms with Crippen LogP contribution < -0.4 is 10.1 Å². The largest absolute Gasteiger partial charge is 0.496 e. The minimum Gasteiger partial charge on any atom is -0.496 e. The molecule has 0 aromatic heterocycles. The molecule has 0 amide bonds. The molecule has 0 aliphatic heterocycles. The van der Waals surface area contributed by atoms with Crippen LogP contribution in [0.3, 0.4) is 0 Å². The van der Waals surface area contributed by atoms with E-state index in [2.05, 4.69) is 30.4 Å². The quantitative estimate of drug-likeness (QED) is 0.807. The van der Waals surface area contributed by atoms with Crippen LogP contribution in [-0.4, -0.2) is 13.2 Å². The maximum absolute atomic E-state index is 6.50. The molecule has 0 saturated carbocycles. The van der Waals surface area contributed by atoms with Crippen molar-refractivity contribution in [1.29, 1.82) is 0 Å². The Balaban J connectivity index is 1.97. The molecule has 0 saturated heterocycles. The Hall–Kier alpha value is -1.51. The molecule has 0 aliphatic carbocycles. The second kappa shape index (κ2) is 7.32. The number of rotatable bonds is 6. The van der Waals surface area contributed by atoms with E-state index in [-0.39, 0.29) is 11.4 Å². The average Bonchev–Trinajstić information content (AvgIpc) is 2.53. The van der Waals surface area contributed by atoms with Gasteiger partial charge in [-0.25, -0.2) is 0 Å². The number of alkyl halides is 1. The van der Waals surface area contributed by atoms with Crippen molar-refractivity contribution in [2.24, 2.45) is 0 Å². The molecule has 0 fully saturated rings. The van der Waals surface area contributed by atoms with Crippen LogP contribution in [-0.2, 0) is 6.54 Å². The molecule has 2 nitrogen and oxygen atoms in total. The minimum atomic E-state index is -0.0501. The number of nitrogens with one attached hydrogen (secondary N) is 1. The van der Waals surface area contributed by atoms with E-state index in [0.29, 0.717) is 0 Å². The number of hydrogen-bond acceptors (Lipinski definition) is 2. The minimum absolute atomic E-state index is 0.0501. The van der Waals surface area contributed by atoms with Gasteiger partial charge in [0.2, 0.25) is 0 Å². The summed E-state index contributed by atoms with van der Waals surface area (Å²) in [5.74, 6) is 0.901. The molecular formula is C17H20ClNO. The number of para-hydroxylation sites is 1. The highest BCUT2D eigenvalue weighted by atomic mass is 35.5. The average molecular weight is 290 g/mol. The predicted molar refractivity (Wildman–Crippen MR) is 84.3 cm³/mol. The smallest absolute Gasteiger partial charge is 0.123 e. The lowest BCUT2D eigenvalue weighted by molar-refractivity contribution is 0.405. The van der Waals surface area contributed by atoms with E-state index < -0.39 is 0 Å². The van der Waals surface area contributed by atoms with Crippen LogP contribution in [0.2, 0.25) is 0 Å². The first-order chi connectivity index (χ1) is 9.72. The van der Waals surface area contributed by atoms with E-state index in [1.165, 1.54) is 0 Å². The summed E-state index contributed by atoms with van der Waals surface area (Å²) in [6, 6.07) is 18.3. The van der Waals surface area contributed by atoms with Crippen LogP contribution in [0.15, 0.2) is 54.6 Å². The summed E-state index contributed by atoms with van der Waals surface area (Å²) < 4.78 is 5.35. The van der Waals surface area contributed by atoms with Gasteiger partial charge in [-0.15, -0.1) is 11.6 Å². The molecule has 0 spiro atoms. The van der Waals surface area contributed by atoms with Crippen LogP contribution in [0.1, 0.15) is 23.4 Å². The van der Waals surface area contributed by atoms with E-state index in [9.17, 15) is 0 Å². The van der Waals surface area contributed by atoms with Crippen LogP contribution in [0.5, 0.6) is 5.75 Å². The van der Waals surface area contributed by atoms with E-state index in [0.717, 1.165) is 23.4 Å². The standard InChI is InChI=1S/C17H20ClNO/c1-13(17(18)14-8-4-3-5-9-14)19-12-15-10-6-7-11-16(15)20-2/h3-11,13,17,19H,12H2,1-2H3. The summed E-state index contributed by atoms with van der Waals surface area (Å²) in [5, 5.41) is 3.41. The molecule has 0 bridgehead atoms. The number of halogens is 1. The molecule has 20 heavy (non-hydrogen) atoms. The Morgan fingerprint density at radius 1 is 1.05 bits per heavy atom. The third-order valence-electron chi connectivity index (χ3n) is 3.36. The van der Waals surface area contributed by atoms with E-state index in [1.54, 1.807) is 7.11 Å². The zero-order valence-corrected chi connectivity index (χ0v) is 12.6. The van der Waals surface area contributed by atoms with Crippen molar-refractivity contribution < 1.29 is 4.74 Å². The lowest BCUT2D eigenvalue weighted by Crippen LogP contribution is -2.29. The van der Waals surface area contributed by atoms with Crippen LogP contribution >= 0.6 is 11.6 Å². The van der Waals surface area contributed by atoms with Crippen LogP contribution in [0.4, 0.5) is 0 Å². The molecule has 0 radical (unpaired) electrons. The fourth-order valence-electron chi connectivity index (χ4n) is 2.15. The Bertz CT molecular complexity index is 530. The van der Waals surface area contributed by atoms with Crippen molar-refractivity contribution in [2.45, 2.75) is 24.9 Å². The number of methoxy groups -OCH3 is 1. The highest BCUT2D eigenvalue weighted by molar-refractivity contribution is 6.21. The van der Waals surface area contributed by atoms with Gasteiger partial charge in [0, 0.05) is 18.2 Å². The Morgan fingerprint density at radius 2 is 1.70 bits per heavy atom. The summed E-state index contributed by atoms with van der Waals surface area (Å²) >= 11 is 6.50. The van der Waals surface area contributed by atoms with E-state index >= 15 is 0 Å². The van der Waals surface area contributed by atoms with Crippen molar-refractivity contribution in [2.75, 3.05) is 7.11 Å². The zero-order chi connectivity index (χ0) is 14.4. The molecule has 2 aromatic carbocycles. The SMILES string of the molecule is COc1ccccc1CNC(C)C(Cl)c1ccccc1. The van der Waals surface area contributed by atoms with Gasteiger partial charge < -0.3 is 10.1 Å². The van der Waals surface area contributed by atoms with Gasteiger partial charge in [0.25, 0.3) is 0 Å². The normalized spacial score (nSPS) is 13.8. The van der Waals surface area contributed by atoms with Gasteiger partial charge in [-0.1, -0.05) is 48.5 Å². The third-order valence-corrected chi connectivity index (χ3v) is 3.99. The summed E-state index contributed by atoms with van der Waals surface area (Å²) in [4.78, 5) is 0. The van der Waals surface area contributed by atoms with Gasteiger partial charge in [0.05, 0.1) is 12.5 Å². The van der Waals surface area contributed by atoms with Gasteiger partial charge in [-0.2, -0.15) is 0 Å². The zero-order valence-electron chi connectivity index (χ0n) is 11.8. The van der Waals surface area contributed by atoms with Gasteiger partial charge in [0.15, 0.2) is 0 Å². The lowest BCUT2D eigenvalue weighted by atomic mass is 10.1. The Kier molecular flexibility index (Phi) is 5.45. The lowest BCUT2D eigenvalue weighted by Gasteiger charge is -2.20. The fourth-order valence-corrected chi connectivity index (χ4v) is 2.38. The second-order valence-corrected chi connectivity index (χ2v) is 5.26. The van der Waals surface area contributed by atoms with Gasteiger partial charge in [-0.3, -0.25) is 0 Å². The van der Waals surface area contributed by atoms with Crippen molar-refractivity contribution in [3.63, 3.8) is 0 Å². The highest BCUT2D eigenvalue weighted by Gasteiger charge is 2.16. The highest BCUT2D eigenvalue weighted by Crippen LogP contribution is 2.24. The van der Waals surface area contributed by atoms with Crippen molar-refractivity contribution in [3.05, 3.63) is 65.7 Å². The summed E-state index contributed by atoms with van der Waals surface area (Å²) in [6.45, 7) is 2.83. The molecule has 2 atom stereocenters.